The first-order chi connectivity index (χ1) is 8.00. The molecule has 7 heteroatoms. The van der Waals surface area contributed by atoms with Gasteiger partial charge in [0.1, 0.15) is 12.4 Å². The minimum Gasteiger partial charge on any atom is -0.507 e. The molecule has 0 saturated heterocycles. The van der Waals surface area contributed by atoms with Gasteiger partial charge in [0.05, 0.1) is 12.1 Å². The Hall–Kier alpha value is -1.76. The van der Waals surface area contributed by atoms with Crippen LogP contribution in [0, 0.1) is 0 Å². The van der Waals surface area contributed by atoms with Crippen LogP contribution < -0.4 is 11.1 Å². The Bertz CT molecular complexity index is 436. The fourth-order valence-electron chi connectivity index (χ4n) is 1.11. The van der Waals surface area contributed by atoms with Crippen molar-refractivity contribution < 1.29 is 19.4 Å². The second-order valence-electron chi connectivity index (χ2n) is 3.08. The smallest absolute Gasteiger partial charge is 0.404 e. The Kier molecular flexibility index (Phi) is 4.77. The third kappa shape index (κ3) is 4.31. The fraction of sp³-hybridized carbons (Fsp3) is 0.200. The lowest BCUT2D eigenvalue weighted by molar-refractivity contribution is 0.0934. The average molecular weight is 303 g/mol. The number of halogens is 1. The van der Waals surface area contributed by atoms with E-state index in [-0.39, 0.29) is 24.5 Å². The molecular formula is C10H11BrN2O4. The van der Waals surface area contributed by atoms with Crippen LogP contribution >= 0.6 is 15.9 Å². The minimum absolute atomic E-state index is 0.0155. The average Bonchev–Trinajstić information content (AvgIpc) is 2.23. The summed E-state index contributed by atoms with van der Waals surface area (Å²) in [6.45, 7) is 0.107. The van der Waals surface area contributed by atoms with Crippen molar-refractivity contribution in [3.63, 3.8) is 0 Å². The van der Waals surface area contributed by atoms with Crippen LogP contribution in [0.3, 0.4) is 0 Å². The van der Waals surface area contributed by atoms with Gasteiger partial charge < -0.3 is 20.9 Å². The Balaban J connectivity index is 2.50. The third-order valence-corrected chi connectivity index (χ3v) is 2.33. The Morgan fingerprint density at radius 3 is 2.76 bits per heavy atom. The minimum atomic E-state index is -0.897. The summed E-state index contributed by atoms with van der Waals surface area (Å²) >= 11 is 3.16. The molecule has 0 spiro atoms. The Morgan fingerprint density at radius 1 is 1.47 bits per heavy atom. The van der Waals surface area contributed by atoms with Crippen LogP contribution in [0.25, 0.3) is 0 Å². The SMILES string of the molecule is NC(=O)OCCNC(=O)c1ccc(Br)cc1O. The van der Waals surface area contributed by atoms with Gasteiger partial charge in [0, 0.05) is 4.47 Å². The van der Waals surface area contributed by atoms with Gasteiger partial charge in [-0.15, -0.1) is 0 Å². The number of nitrogens with two attached hydrogens (primary N) is 1. The van der Waals surface area contributed by atoms with E-state index in [0.29, 0.717) is 4.47 Å². The van der Waals surface area contributed by atoms with Crippen LogP contribution in [0.5, 0.6) is 5.75 Å². The molecule has 0 atom stereocenters. The van der Waals surface area contributed by atoms with Crippen LogP contribution in [-0.4, -0.2) is 30.3 Å². The molecule has 92 valence electrons. The van der Waals surface area contributed by atoms with Crippen molar-refractivity contribution in [2.24, 2.45) is 5.73 Å². The van der Waals surface area contributed by atoms with Crippen molar-refractivity contribution in [1.82, 2.24) is 5.32 Å². The van der Waals surface area contributed by atoms with E-state index < -0.39 is 12.0 Å². The lowest BCUT2D eigenvalue weighted by Gasteiger charge is -2.06. The number of nitrogens with one attached hydrogen (secondary N) is 1. The van der Waals surface area contributed by atoms with E-state index in [4.69, 9.17) is 5.73 Å². The zero-order valence-corrected chi connectivity index (χ0v) is 10.4. The third-order valence-electron chi connectivity index (χ3n) is 1.84. The first kappa shape index (κ1) is 13.3. The van der Waals surface area contributed by atoms with Gasteiger partial charge in [0.2, 0.25) is 0 Å². The number of primary amides is 1. The molecule has 1 aromatic rings. The quantitative estimate of drug-likeness (QED) is 0.722. The number of aromatic hydroxyl groups is 1. The molecule has 0 aliphatic rings. The summed E-state index contributed by atoms with van der Waals surface area (Å²) < 4.78 is 5.10. The van der Waals surface area contributed by atoms with E-state index in [1.807, 2.05) is 0 Å². The maximum atomic E-state index is 11.6. The number of phenolic OH excluding ortho intramolecular Hbond substituents is 1. The van der Waals surface area contributed by atoms with Crippen molar-refractivity contribution in [3.05, 3.63) is 28.2 Å². The second kappa shape index (κ2) is 6.09. The molecular weight excluding hydrogens is 292 g/mol. The molecule has 1 aromatic carbocycles. The molecule has 2 amide bonds. The highest BCUT2D eigenvalue weighted by molar-refractivity contribution is 9.10. The van der Waals surface area contributed by atoms with E-state index in [2.05, 4.69) is 26.0 Å². The van der Waals surface area contributed by atoms with Gasteiger partial charge in [-0.05, 0) is 18.2 Å². The predicted molar refractivity (Wildman–Crippen MR) is 63.7 cm³/mol. The van der Waals surface area contributed by atoms with Crippen molar-refractivity contribution in [2.75, 3.05) is 13.2 Å². The van der Waals surface area contributed by atoms with E-state index in [1.165, 1.54) is 12.1 Å². The maximum absolute atomic E-state index is 11.6. The van der Waals surface area contributed by atoms with E-state index in [0.717, 1.165) is 0 Å². The molecule has 17 heavy (non-hydrogen) atoms. The predicted octanol–water partition coefficient (Wildman–Crippen LogP) is 0.980. The summed E-state index contributed by atoms with van der Waals surface area (Å²) in [7, 11) is 0. The summed E-state index contributed by atoms with van der Waals surface area (Å²) in [6.07, 6.45) is -0.897. The Labute approximate surface area is 106 Å². The first-order valence-corrected chi connectivity index (χ1v) is 5.49. The largest absolute Gasteiger partial charge is 0.507 e. The molecule has 0 unspecified atom stereocenters. The summed E-state index contributed by atoms with van der Waals surface area (Å²) in [5.41, 5.74) is 4.89. The molecule has 0 fully saturated rings. The molecule has 0 saturated carbocycles. The number of benzene rings is 1. The highest BCUT2D eigenvalue weighted by Crippen LogP contribution is 2.21. The zero-order valence-electron chi connectivity index (χ0n) is 8.77. The zero-order chi connectivity index (χ0) is 12.8. The Morgan fingerprint density at radius 2 is 2.18 bits per heavy atom. The van der Waals surface area contributed by atoms with Gasteiger partial charge >= 0.3 is 6.09 Å². The molecule has 1 rings (SSSR count). The number of ether oxygens (including phenoxy) is 1. The van der Waals surface area contributed by atoms with Gasteiger partial charge in [-0.3, -0.25) is 4.79 Å². The lowest BCUT2D eigenvalue weighted by atomic mass is 10.2. The summed E-state index contributed by atoms with van der Waals surface area (Å²) in [6, 6.07) is 4.52. The van der Waals surface area contributed by atoms with Crippen LogP contribution in [0.2, 0.25) is 0 Å². The fourth-order valence-corrected chi connectivity index (χ4v) is 1.46. The van der Waals surface area contributed by atoms with Crippen LogP contribution in [0.15, 0.2) is 22.7 Å². The summed E-state index contributed by atoms with van der Waals surface area (Å²) in [5, 5.41) is 12.0. The molecule has 0 radical (unpaired) electrons. The highest BCUT2D eigenvalue weighted by Gasteiger charge is 2.10. The molecule has 0 aromatic heterocycles. The number of amides is 2. The van der Waals surface area contributed by atoms with E-state index >= 15 is 0 Å². The van der Waals surface area contributed by atoms with Crippen LogP contribution in [0.4, 0.5) is 4.79 Å². The number of hydrogen-bond donors (Lipinski definition) is 3. The number of carbonyl (C=O) groups excluding carboxylic acids is 2. The first-order valence-electron chi connectivity index (χ1n) is 4.69. The van der Waals surface area contributed by atoms with Crippen molar-refractivity contribution in [1.29, 1.82) is 0 Å². The monoisotopic (exact) mass is 302 g/mol. The normalized spacial score (nSPS) is 9.71. The standard InChI is InChI=1S/C10H11BrN2O4/c11-6-1-2-7(8(14)5-6)9(15)13-3-4-17-10(12)16/h1-2,5,14H,3-4H2,(H2,12,16)(H,13,15). The van der Waals surface area contributed by atoms with Gasteiger partial charge in [0.15, 0.2) is 0 Å². The topological polar surface area (TPSA) is 102 Å². The molecule has 6 nitrogen and oxygen atoms in total. The van der Waals surface area contributed by atoms with Gasteiger partial charge in [-0.2, -0.15) is 0 Å². The maximum Gasteiger partial charge on any atom is 0.404 e. The van der Waals surface area contributed by atoms with Crippen LogP contribution in [0.1, 0.15) is 10.4 Å². The number of carbonyl (C=O) groups is 2. The van der Waals surface area contributed by atoms with Crippen molar-refractivity contribution in [2.45, 2.75) is 0 Å². The summed E-state index contributed by atoms with van der Waals surface area (Å²) in [5.74, 6) is -0.587. The van der Waals surface area contributed by atoms with Gasteiger partial charge in [-0.25, -0.2) is 4.79 Å². The van der Waals surface area contributed by atoms with Crippen molar-refractivity contribution in [3.8, 4) is 5.75 Å². The van der Waals surface area contributed by atoms with Crippen molar-refractivity contribution >= 4 is 27.9 Å². The number of hydrogen-bond acceptors (Lipinski definition) is 4. The highest BCUT2D eigenvalue weighted by atomic mass is 79.9. The van der Waals surface area contributed by atoms with Crippen LogP contribution in [-0.2, 0) is 4.74 Å². The van der Waals surface area contributed by atoms with Gasteiger partial charge in [-0.1, -0.05) is 15.9 Å². The molecule has 0 bridgehead atoms. The molecule has 0 aliphatic heterocycles. The number of rotatable bonds is 4. The molecule has 0 heterocycles. The van der Waals surface area contributed by atoms with Gasteiger partial charge in [0.25, 0.3) is 5.91 Å². The lowest BCUT2D eigenvalue weighted by Crippen LogP contribution is -2.29. The number of phenols is 1. The molecule has 0 aliphatic carbocycles. The van der Waals surface area contributed by atoms with E-state index in [9.17, 15) is 14.7 Å². The molecule has 4 N–H and O–H groups in total. The summed E-state index contributed by atoms with van der Waals surface area (Å²) in [4.78, 5) is 21.8. The van der Waals surface area contributed by atoms with E-state index in [1.54, 1.807) is 6.07 Å². The second-order valence-corrected chi connectivity index (χ2v) is 4.00.